The van der Waals surface area contributed by atoms with Crippen molar-refractivity contribution in [2.24, 2.45) is 16.7 Å². The highest BCUT2D eigenvalue weighted by molar-refractivity contribution is 5.71. The van der Waals surface area contributed by atoms with E-state index in [0.717, 1.165) is 19.3 Å². The normalized spacial score (nSPS) is 53.0. The molecule has 0 bridgehead atoms. The summed E-state index contributed by atoms with van der Waals surface area (Å²) in [6.07, 6.45) is 3.15. The van der Waals surface area contributed by atoms with Crippen molar-refractivity contribution < 1.29 is 29.1 Å². The van der Waals surface area contributed by atoms with Crippen LogP contribution < -0.4 is 0 Å². The molecule has 6 atom stereocenters. The first-order valence-corrected chi connectivity index (χ1v) is 8.48. The minimum absolute atomic E-state index is 0.0185. The first-order chi connectivity index (χ1) is 10.7. The molecule has 0 spiro atoms. The molecule has 4 fully saturated rings. The largest absolute Gasteiger partial charge is 0.469 e. The van der Waals surface area contributed by atoms with Gasteiger partial charge in [-0.3, -0.25) is 4.79 Å². The molecule has 0 amide bonds. The molecule has 6 nitrogen and oxygen atoms in total. The second-order valence-electron chi connectivity index (χ2n) is 8.67. The van der Waals surface area contributed by atoms with E-state index in [4.69, 9.17) is 24.3 Å². The summed E-state index contributed by atoms with van der Waals surface area (Å²) in [7, 11) is 1.41. The van der Waals surface area contributed by atoms with Crippen LogP contribution in [0.15, 0.2) is 0 Å². The Balaban J connectivity index is 1.84. The predicted molar refractivity (Wildman–Crippen MR) is 78.9 cm³/mol. The van der Waals surface area contributed by atoms with Crippen molar-refractivity contribution in [3.05, 3.63) is 0 Å². The van der Waals surface area contributed by atoms with Crippen LogP contribution in [-0.4, -0.2) is 36.5 Å². The highest BCUT2D eigenvalue weighted by Gasteiger charge is 2.84. The number of rotatable bonds is 2. The van der Waals surface area contributed by atoms with E-state index >= 15 is 0 Å². The van der Waals surface area contributed by atoms with Gasteiger partial charge in [0.2, 0.25) is 0 Å². The second-order valence-corrected chi connectivity index (χ2v) is 8.67. The van der Waals surface area contributed by atoms with E-state index in [-0.39, 0.29) is 41.3 Å². The van der Waals surface area contributed by atoms with E-state index in [1.165, 1.54) is 7.11 Å². The molecule has 0 N–H and O–H groups in total. The SMILES string of the molecule is COC(=O)C[C@]12OO[C@@]1(C)[C@@H]1OO[C@@H]1C1C(C)(C)CCC[C@@]12C. The maximum Gasteiger partial charge on any atom is 0.308 e. The van der Waals surface area contributed by atoms with Crippen LogP contribution in [0.3, 0.4) is 0 Å². The Labute approximate surface area is 136 Å². The fourth-order valence-corrected chi connectivity index (χ4v) is 6.05. The van der Waals surface area contributed by atoms with Crippen molar-refractivity contribution in [1.29, 1.82) is 0 Å². The third-order valence-corrected chi connectivity index (χ3v) is 7.19. The Morgan fingerprint density at radius 3 is 2.39 bits per heavy atom. The van der Waals surface area contributed by atoms with Crippen molar-refractivity contribution in [2.45, 2.75) is 76.8 Å². The molecule has 0 radical (unpaired) electrons. The van der Waals surface area contributed by atoms with Crippen molar-refractivity contribution >= 4 is 5.97 Å². The summed E-state index contributed by atoms with van der Waals surface area (Å²) < 4.78 is 4.96. The number of carbonyl (C=O) groups is 1. The molecule has 0 aromatic heterocycles. The lowest BCUT2D eigenvalue weighted by molar-refractivity contribution is -0.654. The van der Waals surface area contributed by atoms with Crippen LogP contribution in [-0.2, 0) is 29.1 Å². The van der Waals surface area contributed by atoms with E-state index in [2.05, 4.69) is 20.8 Å². The fraction of sp³-hybridized carbons (Fsp3) is 0.941. The molecule has 4 aliphatic rings. The zero-order chi connectivity index (χ0) is 16.7. The van der Waals surface area contributed by atoms with Gasteiger partial charge >= 0.3 is 5.97 Å². The molecule has 2 saturated carbocycles. The summed E-state index contributed by atoms with van der Waals surface area (Å²) in [6.45, 7) is 8.76. The predicted octanol–water partition coefficient (Wildman–Crippen LogP) is 2.55. The Morgan fingerprint density at radius 2 is 1.87 bits per heavy atom. The zero-order valence-electron chi connectivity index (χ0n) is 14.5. The van der Waals surface area contributed by atoms with Gasteiger partial charge in [0, 0.05) is 11.3 Å². The standard InChI is InChI=1S/C17H26O6/c1-14(2)7-6-8-15(3)12(14)11-13(21-20-11)16(4)17(15,23-22-16)9-10(18)19-5/h11-13H,6-9H2,1-5H3/t11-,12?,13-,15+,16+,17-/m1/s1. The van der Waals surface area contributed by atoms with Gasteiger partial charge in [0.25, 0.3) is 0 Å². The van der Waals surface area contributed by atoms with Gasteiger partial charge in [-0.15, -0.1) is 0 Å². The fourth-order valence-electron chi connectivity index (χ4n) is 6.05. The first kappa shape index (κ1) is 15.8. The summed E-state index contributed by atoms with van der Waals surface area (Å²) in [5, 5.41) is 0. The van der Waals surface area contributed by atoms with Gasteiger partial charge in [-0.1, -0.05) is 27.2 Å². The molecule has 2 heterocycles. The van der Waals surface area contributed by atoms with Crippen LogP contribution in [0.25, 0.3) is 0 Å². The van der Waals surface area contributed by atoms with Crippen molar-refractivity contribution in [2.75, 3.05) is 7.11 Å². The Hall–Kier alpha value is -0.690. The monoisotopic (exact) mass is 326 g/mol. The first-order valence-electron chi connectivity index (χ1n) is 8.48. The Bertz CT molecular complexity index is 547. The third kappa shape index (κ3) is 1.61. The number of hydrogen-bond donors (Lipinski definition) is 0. The molecular formula is C17H26O6. The average molecular weight is 326 g/mol. The number of esters is 1. The van der Waals surface area contributed by atoms with Crippen LogP contribution in [0.2, 0.25) is 0 Å². The van der Waals surface area contributed by atoms with Gasteiger partial charge in [-0.25, -0.2) is 19.6 Å². The van der Waals surface area contributed by atoms with E-state index in [9.17, 15) is 4.79 Å². The molecule has 2 aliphatic heterocycles. The van der Waals surface area contributed by atoms with Gasteiger partial charge in [0.05, 0.1) is 13.5 Å². The van der Waals surface area contributed by atoms with E-state index in [1.54, 1.807) is 0 Å². The molecule has 0 aromatic carbocycles. The molecule has 4 rings (SSSR count). The number of fused-ring (bicyclic) bond motifs is 6. The highest BCUT2D eigenvalue weighted by Crippen LogP contribution is 2.72. The molecule has 130 valence electrons. The van der Waals surface area contributed by atoms with Crippen LogP contribution in [0.1, 0.15) is 53.4 Å². The summed E-state index contributed by atoms with van der Waals surface area (Å²) in [5.41, 5.74) is -1.58. The van der Waals surface area contributed by atoms with E-state index < -0.39 is 11.2 Å². The van der Waals surface area contributed by atoms with E-state index in [0.29, 0.717) is 0 Å². The minimum atomic E-state index is -0.736. The summed E-state index contributed by atoms with van der Waals surface area (Å²) in [5.74, 6) is -0.0364. The van der Waals surface area contributed by atoms with Crippen molar-refractivity contribution in [1.82, 2.24) is 0 Å². The molecular weight excluding hydrogens is 300 g/mol. The van der Waals surface area contributed by atoms with E-state index in [1.807, 2.05) is 6.92 Å². The molecule has 2 saturated heterocycles. The number of methoxy groups -OCH3 is 1. The van der Waals surface area contributed by atoms with Crippen LogP contribution in [0.5, 0.6) is 0 Å². The quantitative estimate of drug-likeness (QED) is 0.574. The highest BCUT2D eigenvalue weighted by atomic mass is 17.3. The maximum absolute atomic E-state index is 12.2. The average Bonchev–Trinajstić information content (AvgIpc) is 2.44. The maximum atomic E-state index is 12.2. The van der Waals surface area contributed by atoms with Crippen LogP contribution in [0, 0.1) is 16.7 Å². The second kappa shape index (κ2) is 4.48. The molecule has 0 aromatic rings. The smallest absolute Gasteiger partial charge is 0.308 e. The lowest BCUT2D eigenvalue weighted by Crippen LogP contribution is -2.88. The van der Waals surface area contributed by atoms with Crippen molar-refractivity contribution in [3.8, 4) is 0 Å². The van der Waals surface area contributed by atoms with Gasteiger partial charge in [0.15, 0.2) is 17.3 Å². The van der Waals surface area contributed by atoms with Gasteiger partial charge in [-0.2, -0.15) is 0 Å². The van der Waals surface area contributed by atoms with Crippen LogP contribution >= 0.6 is 0 Å². The van der Waals surface area contributed by atoms with Gasteiger partial charge in [0.1, 0.15) is 6.10 Å². The lowest BCUT2D eigenvalue weighted by Gasteiger charge is -2.75. The number of ether oxygens (including phenoxy) is 1. The van der Waals surface area contributed by atoms with Crippen molar-refractivity contribution in [3.63, 3.8) is 0 Å². The van der Waals surface area contributed by atoms with Gasteiger partial charge < -0.3 is 4.74 Å². The lowest BCUT2D eigenvalue weighted by atomic mass is 9.41. The minimum Gasteiger partial charge on any atom is -0.469 e. The Kier molecular flexibility index (Phi) is 3.08. The number of carbonyl (C=O) groups excluding carboxylic acids is 1. The summed E-state index contributed by atoms with van der Waals surface area (Å²) >= 11 is 0. The van der Waals surface area contributed by atoms with Crippen LogP contribution in [0.4, 0.5) is 0 Å². The summed E-state index contributed by atoms with van der Waals surface area (Å²) in [4.78, 5) is 34.5. The van der Waals surface area contributed by atoms with Gasteiger partial charge in [-0.05, 0) is 25.2 Å². The number of hydrogen-bond acceptors (Lipinski definition) is 6. The Morgan fingerprint density at radius 1 is 1.13 bits per heavy atom. The zero-order valence-corrected chi connectivity index (χ0v) is 14.5. The molecule has 6 heteroatoms. The summed E-state index contributed by atoms with van der Waals surface area (Å²) in [6, 6.07) is 0. The third-order valence-electron chi connectivity index (χ3n) is 7.19. The molecule has 1 unspecified atom stereocenters. The topological polar surface area (TPSA) is 63.2 Å². The molecule has 2 aliphatic carbocycles. The molecule has 23 heavy (non-hydrogen) atoms.